The van der Waals surface area contributed by atoms with Crippen LogP contribution in [-0.2, 0) is 16.5 Å². The standard InChI is InChI=1S/C43H57ClN2O3S2/c1-9-15-29(2)27-36-40-32(5)43(40,8)38(46(36)23-11-13-25-51(48)49)21-19-34-17-14-16-33(41(34)44)18-20-37-42(6,7)39-31(4)26-30(3)28-35(39)45(37)22-10-12-24-50-47/h9,15,18-21,26-28,32H,10-14,16-17,22-25H2,1-8H3,(H-,47,48,49)/p+1/b15-9+,29-27-. The van der Waals surface area contributed by atoms with E-state index in [1.807, 2.05) is 6.92 Å². The van der Waals surface area contributed by atoms with Crippen molar-refractivity contribution in [2.45, 2.75) is 106 Å². The van der Waals surface area contributed by atoms with Gasteiger partial charge in [-0.1, -0.05) is 48.9 Å². The van der Waals surface area contributed by atoms with Gasteiger partial charge in [0.2, 0.25) is 5.69 Å². The molecule has 51 heavy (non-hydrogen) atoms. The molecule has 2 aliphatic heterocycles. The Morgan fingerprint density at radius 2 is 1.88 bits per heavy atom. The van der Waals surface area contributed by atoms with Crippen LogP contribution in [0.4, 0.5) is 5.69 Å². The highest BCUT2D eigenvalue weighted by atomic mass is 35.5. The van der Waals surface area contributed by atoms with Crippen LogP contribution >= 0.6 is 23.6 Å². The lowest BCUT2D eigenvalue weighted by Gasteiger charge is -2.29. The first-order valence-electron chi connectivity index (χ1n) is 18.7. The highest BCUT2D eigenvalue weighted by molar-refractivity contribution is 7.93. The van der Waals surface area contributed by atoms with Crippen molar-refractivity contribution in [3.8, 4) is 0 Å². The van der Waals surface area contributed by atoms with E-state index in [1.54, 1.807) is 0 Å². The highest BCUT2D eigenvalue weighted by Gasteiger charge is 2.63. The van der Waals surface area contributed by atoms with Crippen LogP contribution in [0.25, 0.3) is 0 Å². The lowest BCUT2D eigenvalue weighted by atomic mass is 9.78. The second-order valence-electron chi connectivity index (χ2n) is 15.4. The molecule has 0 spiro atoms. The molecule has 0 saturated heterocycles. The number of nitrogens with zero attached hydrogens (tertiary/aromatic N) is 2. The molecule has 276 valence electrons. The molecule has 0 aromatic heterocycles. The maximum atomic E-state index is 11.4. The number of halogens is 1. The molecule has 5 nitrogen and oxygen atoms in total. The molecule has 2 heterocycles. The molecular formula is C43H58ClN2O3S2+. The Morgan fingerprint density at radius 3 is 2.59 bits per heavy atom. The van der Waals surface area contributed by atoms with Gasteiger partial charge in [-0.05, 0) is 151 Å². The Bertz CT molecular complexity index is 1810. The first kappa shape index (κ1) is 39.8. The van der Waals surface area contributed by atoms with E-state index in [2.05, 4.69) is 113 Å². The highest BCUT2D eigenvalue weighted by Crippen LogP contribution is 2.69. The molecule has 1 saturated carbocycles. The normalized spacial score (nSPS) is 25.4. The third-order valence-corrected chi connectivity index (χ3v) is 13.0. The van der Waals surface area contributed by atoms with Gasteiger partial charge < -0.3 is 14.0 Å². The van der Waals surface area contributed by atoms with Crippen LogP contribution in [0, 0.1) is 25.2 Å². The largest absolute Gasteiger partial charge is 0.344 e. The van der Waals surface area contributed by atoms with Crippen LogP contribution in [0.1, 0.15) is 103 Å². The number of hydrogen-bond donors (Lipinski definition) is 2. The van der Waals surface area contributed by atoms with Gasteiger partial charge in [0.1, 0.15) is 6.54 Å². The van der Waals surface area contributed by atoms with Crippen molar-refractivity contribution in [2.75, 3.05) is 24.6 Å². The molecule has 2 N–H and O–H groups in total. The predicted molar refractivity (Wildman–Crippen MR) is 220 cm³/mol. The molecule has 3 unspecified atom stereocenters. The van der Waals surface area contributed by atoms with E-state index in [1.165, 1.54) is 61.8 Å². The lowest BCUT2D eigenvalue weighted by molar-refractivity contribution is -0.438. The second kappa shape index (κ2) is 16.7. The van der Waals surface area contributed by atoms with Gasteiger partial charge in [0.05, 0.1) is 5.41 Å². The summed E-state index contributed by atoms with van der Waals surface area (Å²) < 4.78 is 32.5. The van der Waals surface area contributed by atoms with Crippen LogP contribution < -0.4 is 0 Å². The fraction of sp³-hybridized carbons (Fsp3) is 0.512. The van der Waals surface area contributed by atoms with Gasteiger partial charge in [-0.15, -0.1) is 0 Å². The van der Waals surface area contributed by atoms with E-state index in [0.29, 0.717) is 18.1 Å². The predicted octanol–water partition coefficient (Wildman–Crippen LogP) is 11.5. The van der Waals surface area contributed by atoms with Crippen molar-refractivity contribution in [3.05, 3.63) is 110 Å². The van der Waals surface area contributed by atoms with Gasteiger partial charge in [-0.25, -0.2) is 4.21 Å². The van der Waals surface area contributed by atoms with E-state index in [-0.39, 0.29) is 10.8 Å². The van der Waals surface area contributed by atoms with E-state index in [0.717, 1.165) is 74.4 Å². The number of allylic oxidation sites excluding steroid dienone is 12. The lowest BCUT2D eigenvalue weighted by Crippen LogP contribution is -2.28. The van der Waals surface area contributed by atoms with Crippen molar-refractivity contribution in [3.63, 3.8) is 0 Å². The Kier molecular flexibility index (Phi) is 13.0. The molecule has 1 aromatic carbocycles. The molecule has 4 aliphatic rings. The van der Waals surface area contributed by atoms with Crippen LogP contribution in [0.5, 0.6) is 0 Å². The average molecular weight is 751 g/mol. The van der Waals surface area contributed by atoms with Crippen molar-refractivity contribution < 1.29 is 17.9 Å². The molecule has 1 fully saturated rings. The van der Waals surface area contributed by atoms with Gasteiger partial charge in [0, 0.05) is 64.0 Å². The van der Waals surface area contributed by atoms with Crippen molar-refractivity contribution >= 4 is 46.1 Å². The van der Waals surface area contributed by atoms with E-state index in [9.17, 15) is 13.3 Å². The maximum Gasteiger partial charge on any atom is 0.210 e. The molecule has 1 aromatic rings. The monoisotopic (exact) mass is 749 g/mol. The molecule has 5 rings (SSSR count). The quantitative estimate of drug-likeness (QED) is 0.0614. The fourth-order valence-electron chi connectivity index (χ4n) is 8.82. The maximum absolute atomic E-state index is 11.4. The number of rotatable bonds is 15. The molecule has 0 amide bonds. The summed E-state index contributed by atoms with van der Waals surface area (Å²) in [6.45, 7) is 19.7. The van der Waals surface area contributed by atoms with Gasteiger partial charge in [-0.3, -0.25) is 0 Å². The molecule has 2 aliphatic carbocycles. The van der Waals surface area contributed by atoms with Gasteiger partial charge >= 0.3 is 0 Å². The van der Waals surface area contributed by atoms with Gasteiger partial charge in [-0.2, -0.15) is 4.58 Å². The fourth-order valence-corrected chi connectivity index (χ4v) is 9.92. The van der Waals surface area contributed by atoms with Gasteiger partial charge in [0.25, 0.3) is 0 Å². The minimum absolute atomic E-state index is 0.0119. The van der Waals surface area contributed by atoms with E-state index >= 15 is 0 Å². The minimum Gasteiger partial charge on any atom is -0.344 e. The summed E-state index contributed by atoms with van der Waals surface area (Å²) in [5, 5.41) is 0.864. The second-order valence-corrected chi connectivity index (χ2v) is 17.5. The molecule has 0 bridgehead atoms. The van der Waals surface area contributed by atoms with Gasteiger partial charge in [0.15, 0.2) is 16.8 Å². The minimum atomic E-state index is -1.76. The third-order valence-electron chi connectivity index (χ3n) is 11.4. The smallest absolute Gasteiger partial charge is 0.210 e. The van der Waals surface area contributed by atoms with Crippen LogP contribution in [-0.4, -0.2) is 53.1 Å². The summed E-state index contributed by atoms with van der Waals surface area (Å²) >= 11 is 6.45. The van der Waals surface area contributed by atoms with E-state index in [4.69, 9.17) is 11.6 Å². The Hall–Kier alpha value is -2.42. The molecule has 3 atom stereocenters. The van der Waals surface area contributed by atoms with Crippen LogP contribution in [0.2, 0.25) is 0 Å². The summed E-state index contributed by atoms with van der Waals surface area (Å²) in [6, 6.07) is 4.63. The molecule has 8 heteroatoms. The first-order valence-corrected chi connectivity index (χ1v) is 21.3. The Morgan fingerprint density at radius 1 is 1.12 bits per heavy atom. The molecular weight excluding hydrogens is 692 g/mol. The van der Waals surface area contributed by atoms with E-state index < -0.39 is 11.1 Å². The SMILES string of the molecule is C/C=C/C(C)=C\C1=C2C(C)C2(C)C(=CC=C2CCCC(C=CC3=[N+](CCCCSO)c4cc(C)cc(C)c4C3(C)C)=C2Cl)N1CCCCS(=O)O. The first-order chi connectivity index (χ1) is 24.3. The number of aryl methyl sites for hydroxylation is 2. The van der Waals surface area contributed by atoms with Crippen LogP contribution in [0.15, 0.2) is 93.4 Å². The van der Waals surface area contributed by atoms with Crippen molar-refractivity contribution in [1.82, 2.24) is 4.90 Å². The number of unbranched alkanes of at least 4 members (excludes halogenated alkanes) is 2. The van der Waals surface area contributed by atoms with Crippen LogP contribution in [0.3, 0.4) is 0 Å². The summed E-state index contributed by atoms with van der Waals surface area (Å²) in [4.78, 5) is 2.45. The number of hydrogen-bond acceptors (Lipinski definition) is 4. The summed E-state index contributed by atoms with van der Waals surface area (Å²) in [6.07, 6.45) is 22.2. The molecule has 0 radical (unpaired) electrons. The van der Waals surface area contributed by atoms with Crippen molar-refractivity contribution in [1.29, 1.82) is 0 Å². The summed E-state index contributed by atoms with van der Waals surface area (Å²) in [5.74, 6) is 1.53. The Balaban J connectivity index is 1.48. The number of benzene rings is 1. The summed E-state index contributed by atoms with van der Waals surface area (Å²) in [7, 11) is 0. The zero-order valence-corrected chi connectivity index (χ0v) is 34.3. The van der Waals surface area contributed by atoms with Crippen molar-refractivity contribution in [2.24, 2.45) is 11.3 Å². The zero-order valence-electron chi connectivity index (χ0n) is 31.9. The topological polar surface area (TPSA) is 63.8 Å². The zero-order chi connectivity index (χ0) is 37.1. The average Bonchev–Trinajstić information content (AvgIpc) is 3.40. The summed E-state index contributed by atoms with van der Waals surface area (Å²) in [5.41, 5.74) is 14.1. The third kappa shape index (κ3) is 8.23. The number of fused-ring (bicyclic) bond motifs is 2. The Labute approximate surface area is 319 Å².